The zero-order valence-electron chi connectivity index (χ0n) is 11.3. The Hall–Kier alpha value is -2.00. The van der Waals surface area contributed by atoms with E-state index in [0.29, 0.717) is 6.54 Å². The van der Waals surface area contributed by atoms with E-state index in [1.54, 1.807) is 7.11 Å². The fraction of sp³-hybridized carbons (Fsp3) is 0.250. The van der Waals surface area contributed by atoms with E-state index in [4.69, 9.17) is 4.74 Å². The van der Waals surface area contributed by atoms with Crippen LogP contribution in [0.25, 0.3) is 0 Å². The first-order valence-corrected chi connectivity index (χ1v) is 6.29. The lowest BCUT2D eigenvalue weighted by Crippen LogP contribution is -2.24. The maximum atomic E-state index is 10.3. The maximum Gasteiger partial charge on any atom is 0.119 e. The Morgan fingerprint density at radius 1 is 1.11 bits per heavy atom. The van der Waals surface area contributed by atoms with Gasteiger partial charge < -0.3 is 14.7 Å². The Morgan fingerprint density at radius 3 is 2.53 bits per heavy atom. The Morgan fingerprint density at radius 2 is 1.84 bits per heavy atom. The van der Waals surface area contributed by atoms with Gasteiger partial charge in [0.05, 0.1) is 13.2 Å². The Labute approximate surface area is 114 Å². The zero-order chi connectivity index (χ0) is 13.7. The van der Waals surface area contributed by atoms with Gasteiger partial charge in [0.2, 0.25) is 0 Å². The number of likely N-dealkylation sites (N-methyl/N-ethyl adjacent to an activating group) is 1. The monoisotopic (exact) mass is 257 g/mol. The molecule has 2 rings (SSSR count). The lowest BCUT2D eigenvalue weighted by atomic mass is 10.1. The quantitative estimate of drug-likeness (QED) is 0.894. The number of nitrogens with zero attached hydrogens (tertiary/aromatic N) is 1. The highest BCUT2D eigenvalue weighted by Gasteiger charge is 2.11. The molecule has 3 nitrogen and oxygen atoms in total. The lowest BCUT2D eigenvalue weighted by molar-refractivity contribution is 0.184. The van der Waals surface area contributed by atoms with Crippen molar-refractivity contribution in [1.82, 2.24) is 0 Å². The van der Waals surface area contributed by atoms with Crippen molar-refractivity contribution in [2.45, 2.75) is 6.10 Å². The van der Waals surface area contributed by atoms with Gasteiger partial charge in [0.25, 0.3) is 0 Å². The van der Waals surface area contributed by atoms with E-state index in [9.17, 15) is 5.11 Å². The molecule has 0 bridgehead atoms. The van der Waals surface area contributed by atoms with Crippen molar-refractivity contribution in [1.29, 1.82) is 0 Å². The first kappa shape index (κ1) is 13.4. The van der Waals surface area contributed by atoms with Crippen LogP contribution in [0.15, 0.2) is 54.6 Å². The highest BCUT2D eigenvalue weighted by Crippen LogP contribution is 2.21. The normalized spacial score (nSPS) is 11.9. The molecular formula is C16H19NO2. The number of benzene rings is 2. The molecule has 0 fully saturated rings. The van der Waals surface area contributed by atoms with Crippen LogP contribution in [0.5, 0.6) is 5.75 Å². The minimum atomic E-state index is -0.541. The molecule has 0 heterocycles. The van der Waals surface area contributed by atoms with Crippen LogP contribution >= 0.6 is 0 Å². The SMILES string of the molecule is COc1cccc(C(O)CN(C)c2ccccc2)c1. The molecule has 100 valence electrons. The molecule has 0 spiro atoms. The second kappa shape index (κ2) is 6.25. The van der Waals surface area contributed by atoms with Gasteiger partial charge >= 0.3 is 0 Å². The Balaban J connectivity index is 2.06. The predicted octanol–water partition coefficient (Wildman–Crippen LogP) is 2.87. The van der Waals surface area contributed by atoms with Gasteiger partial charge in [-0.3, -0.25) is 0 Å². The van der Waals surface area contributed by atoms with E-state index >= 15 is 0 Å². The van der Waals surface area contributed by atoms with Gasteiger partial charge in [0.1, 0.15) is 5.75 Å². The largest absolute Gasteiger partial charge is 0.497 e. The van der Waals surface area contributed by atoms with Crippen molar-refractivity contribution in [3.63, 3.8) is 0 Å². The predicted molar refractivity (Wildman–Crippen MR) is 77.7 cm³/mol. The third-order valence-corrected chi connectivity index (χ3v) is 3.12. The molecule has 0 saturated heterocycles. The standard InChI is InChI=1S/C16H19NO2/c1-17(14-8-4-3-5-9-14)12-16(18)13-7-6-10-15(11-13)19-2/h3-11,16,18H,12H2,1-2H3. The number of hydrogen-bond acceptors (Lipinski definition) is 3. The first-order valence-electron chi connectivity index (χ1n) is 6.29. The first-order chi connectivity index (χ1) is 9.20. The van der Waals surface area contributed by atoms with Gasteiger partial charge in [-0.05, 0) is 29.8 Å². The number of hydrogen-bond donors (Lipinski definition) is 1. The molecule has 0 saturated carbocycles. The third-order valence-electron chi connectivity index (χ3n) is 3.12. The van der Waals surface area contributed by atoms with Gasteiger partial charge in [-0.1, -0.05) is 30.3 Å². The molecule has 1 N–H and O–H groups in total. The lowest BCUT2D eigenvalue weighted by Gasteiger charge is -2.23. The van der Waals surface area contributed by atoms with Crippen molar-refractivity contribution >= 4 is 5.69 Å². The van der Waals surface area contributed by atoms with Crippen molar-refractivity contribution in [2.24, 2.45) is 0 Å². The highest BCUT2D eigenvalue weighted by atomic mass is 16.5. The molecule has 3 heteroatoms. The van der Waals surface area contributed by atoms with E-state index in [1.165, 1.54) is 0 Å². The van der Waals surface area contributed by atoms with Crippen molar-refractivity contribution in [3.8, 4) is 5.75 Å². The summed E-state index contributed by atoms with van der Waals surface area (Å²) in [6.07, 6.45) is -0.541. The average molecular weight is 257 g/mol. The minimum Gasteiger partial charge on any atom is -0.497 e. The van der Waals surface area contributed by atoms with Crippen LogP contribution in [-0.2, 0) is 0 Å². The number of para-hydroxylation sites is 1. The molecule has 0 amide bonds. The fourth-order valence-electron chi connectivity index (χ4n) is 2.00. The molecule has 19 heavy (non-hydrogen) atoms. The molecule has 1 atom stereocenters. The molecule has 0 aliphatic carbocycles. The fourth-order valence-corrected chi connectivity index (χ4v) is 2.00. The summed E-state index contributed by atoms with van der Waals surface area (Å²) in [7, 11) is 3.60. The summed E-state index contributed by atoms with van der Waals surface area (Å²) in [5, 5.41) is 10.3. The van der Waals surface area contributed by atoms with Crippen LogP contribution < -0.4 is 9.64 Å². The van der Waals surface area contributed by atoms with Gasteiger partial charge in [-0.25, -0.2) is 0 Å². The van der Waals surface area contributed by atoms with E-state index in [2.05, 4.69) is 0 Å². The van der Waals surface area contributed by atoms with E-state index in [0.717, 1.165) is 17.0 Å². The number of anilines is 1. The smallest absolute Gasteiger partial charge is 0.119 e. The molecule has 0 aliphatic rings. The summed E-state index contributed by atoms with van der Waals surface area (Å²) in [6.45, 7) is 0.539. The van der Waals surface area contributed by atoms with Crippen molar-refractivity contribution in [3.05, 3.63) is 60.2 Å². The van der Waals surface area contributed by atoms with Gasteiger partial charge in [-0.15, -0.1) is 0 Å². The number of ether oxygens (including phenoxy) is 1. The molecule has 0 radical (unpaired) electrons. The van der Waals surface area contributed by atoms with Crippen LogP contribution in [0.1, 0.15) is 11.7 Å². The van der Waals surface area contributed by atoms with E-state index < -0.39 is 6.10 Å². The molecule has 1 unspecified atom stereocenters. The second-order valence-corrected chi connectivity index (χ2v) is 4.51. The van der Waals surface area contributed by atoms with Gasteiger partial charge in [-0.2, -0.15) is 0 Å². The van der Waals surface area contributed by atoms with Gasteiger partial charge in [0, 0.05) is 19.3 Å². The third kappa shape index (κ3) is 3.48. The summed E-state index contributed by atoms with van der Waals surface area (Å²) < 4.78 is 5.17. The molecule has 2 aromatic rings. The summed E-state index contributed by atoms with van der Waals surface area (Å²) in [5.74, 6) is 0.763. The van der Waals surface area contributed by atoms with E-state index in [-0.39, 0.29) is 0 Å². The minimum absolute atomic E-state index is 0.539. The summed E-state index contributed by atoms with van der Waals surface area (Å²) >= 11 is 0. The summed E-state index contributed by atoms with van der Waals surface area (Å²) in [4.78, 5) is 2.03. The average Bonchev–Trinajstić information content (AvgIpc) is 2.48. The van der Waals surface area contributed by atoms with E-state index in [1.807, 2.05) is 66.5 Å². The van der Waals surface area contributed by atoms with Crippen LogP contribution in [0.4, 0.5) is 5.69 Å². The van der Waals surface area contributed by atoms with Crippen LogP contribution in [0, 0.1) is 0 Å². The van der Waals surface area contributed by atoms with Gasteiger partial charge in [0.15, 0.2) is 0 Å². The molecule has 0 aromatic heterocycles. The van der Waals surface area contributed by atoms with Crippen LogP contribution in [-0.4, -0.2) is 25.8 Å². The van der Waals surface area contributed by atoms with Crippen LogP contribution in [0.3, 0.4) is 0 Å². The maximum absolute atomic E-state index is 10.3. The number of methoxy groups -OCH3 is 1. The number of aliphatic hydroxyl groups excluding tert-OH is 1. The molecule has 0 aliphatic heterocycles. The molecular weight excluding hydrogens is 238 g/mol. The Bertz CT molecular complexity index is 513. The van der Waals surface area contributed by atoms with Crippen molar-refractivity contribution in [2.75, 3.05) is 25.6 Å². The highest BCUT2D eigenvalue weighted by molar-refractivity contribution is 5.45. The topological polar surface area (TPSA) is 32.7 Å². The number of rotatable bonds is 5. The second-order valence-electron chi connectivity index (χ2n) is 4.51. The Kier molecular flexibility index (Phi) is 4.42. The summed E-state index contributed by atoms with van der Waals surface area (Å²) in [5.41, 5.74) is 1.95. The van der Waals surface area contributed by atoms with Crippen molar-refractivity contribution < 1.29 is 9.84 Å². The zero-order valence-corrected chi connectivity index (χ0v) is 11.3. The van der Waals surface area contributed by atoms with Crippen LogP contribution in [0.2, 0.25) is 0 Å². The number of aliphatic hydroxyl groups is 1. The molecule has 2 aromatic carbocycles. The summed E-state index contributed by atoms with van der Waals surface area (Å²) in [6, 6.07) is 17.5.